The third-order valence-electron chi connectivity index (χ3n) is 7.01. The van der Waals surface area contributed by atoms with E-state index in [1.165, 1.54) is 23.0 Å². The Kier molecular flexibility index (Phi) is 5.73. The minimum Gasteiger partial charge on any atom is -0.456 e. The first-order valence-corrected chi connectivity index (χ1v) is 14.3. The number of hydrogen-bond acceptors (Lipinski definition) is 7. The number of nitrogens with zero attached hydrogens (tertiary/aromatic N) is 3. The molecule has 1 aliphatic carbocycles. The van der Waals surface area contributed by atoms with Crippen molar-refractivity contribution in [3.8, 4) is 11.3 Å². The third kappa shape index (κ3) is 4.01. The number of nitro groups is 1. The fourth-order valence-electron chi connectivity index (χ4n) is 5.29. The number of benzene rings is 2. The van der Waals surface area contributed by atoms with Gasteiger partial charge in [0.05, 0.1) is 26.8 Å². The standard InChI is InChI=1S/C29H18ClN3O4S2/c30-17-8-11-20(22(14-17)33(35)36)23-12-9-18(37-23)15-25-28(34)32-27(24-6-3-13-38-24)21-10-7-16-4-1-2-5-19(16)26(21)31-29(32)39-25/h1-6,8-9,11-15,27H,7,10H2/b25-15-. The van der Waals surface area contributed by atoms with Gasteiger partial charge in [0.1, 0.15) is 11.5 Å². The third-order valence-corrected chi connectivity index (χ3v) is 9.15. The molecule has 1 unspecified atom stereocenters. The number of thiophene rings is 1. The zero-order valence-corrected chi connectivity index (χ0v) is 22.6. The van der Waals surface area contributed by atoms with Crippen LogP contribution in [0, 0.1) is 10.1 Å². The van der Waals surface area contributed by atoms with E-state index in [4.69, 9.17) is 21.0 Å². The van der Waals surface area contributed by atoms with Crippen LogP contribution < -0.4 is 14.9 Å². The van der Waals surface area contributed by atoms with Gasteiger partial charge >= 0.3 is 0 Å². The number of nitro benzene ring substituents is 1. The summed E-state index contributed by atoms with van der Waals surface area (Å²) in [6.07, 6.45) is 3.42. The first-order valence-electron chi connectivity index (χ1n) is 12.2. The highest BCUT2D eigenvalue weighted by molar-refractivity contribution is 7.10. The number of aryl methyl sites for hydroxylation is 1. The maximum absolute atomic E-state index is 13.8. The lowest BCUT2D eigenvalue weighted by atomic mass is 9.85. The lowest BCUT2D eigenvalue weighted by molar-refractivity contribution is -0.384. The second-order valence-electron chi connectivity index (χ2n) is 9.25. The number of hydrogen-bond donors (Lipinski definition) is 0. The lowest BCUT2D eigenvalue weighted by Gasteiger charge is -2.30. The van der Waals surface area contributed by atoms with E-state index in [1.54, 1.807) is 46.2 Å². The Bertz CT molecular complexity index is 2000. The van der Waals surface area contributed by atoms with Crippen LogP contribution in [0.1, 0.15) is 34.2 Å². The normalized spacial score (nSPS) is 16.4. The van der Waals surface area contributed by atoms with Gasteiger partial charge in [-0.1, -0.05) is 53.3 Å². The molecule has 7 nitrogen and oxygen atoms in total. The van der Waals surface area contributed by atoms with Crippen molar-refractivity contribution in [2.24, 2.45) is 4.99 Å². The van der Waals surface area contributed by atoms with E-state index >= 15 is 0 Å². The summed E-state index contributed by atoms with van der Waals surface area (Å²) in [7, 11) is 0. The Labute approximate surface area is 234 Å². The van der Waals surface area contributed by atoms with Crippen LogP contribution >= 0.6 is 34.3 Å². The van der Waals surface area contributed by atoms with Crippen molar-refractivity contribution in [2.45, 2.75) is 18.9 Å². The van der Waals surface area contributed by atoms with E-state index in [1.807, 2.05) is 23.6 Å². The van der Waals surface area contributed by atoms with Gasteiger partial charge in [-0.2, -0.15) is 0 Å². The SMILES string of the molecule is O=c1/c(=C/c2ccc(-c3ccc(Cl)cc3[N+](=O)[O-])o2)sc2n1C(c1cccs1)C1=C(N=2)c2ccccc2CC1. The highest BCUT2D eigenvalue weighted by Crippen LogP contribution is 2.42. The zero-order chi connectivity index (χ0) is 26.7. The molecule has 0 amide bonds. The molecule has 0 saturated heterocycles. The Hall–Kier alpha value is -4.05. The Balaban J connectivity index is 1.37. The molecule has 5 aromatic rings. The van der Waals surface area contributed by atoms with E-state index in [0.29, 0.717) is 26.4 Å². The molecule has 1 atom stereocenters. The van der Waals surface area contributed by atoms with Crippen LogP contribution in [0.4, 0.5) is 5.69 Å². The van der Waals surface area contributed by atoms with E-state index in [0.717, 1.165) is 34.6 Å². The molecule has 0 fully saturated rings. The fourth-order valence-corrected chi connectivity index (χ4v) is 7.28. The minimum atomic E-state index is -0.494. The first kappa shape index (κ1) is 24.0. The topological polar surface area (TPSA) is 90.6 Å². The van der Waals surface area contributed by atoms with Gasteiger partial charge in [-0.05, 0) is 59.7 Å². The number of allylic oxidation sites excluding steroid dienone is 1. The molecule has 7 rings (SSSR count). The molecular weight excluding hydrogens is 554 g/mol. The maximum atomic E-state index is 13.8. The van der Waals surface area contributed by atoms with Crippen molar-refractivity contribution in [1.29, 1.82) is 0 Å². The number of aromatic nitrogens is 1. The molecule has 0 N–H and O–H groups in total. The monoisotopic (exact) mass is 571 g/mol. The summed E-state index contributed by atoms with van der Waals surface area (Å²) in [5.74, 6) is 0.738. The summed E-state index contributed by atoms with van der Waals surface area (Å²) in [6.45, 7) is 0. The molecule has 2 aliphatic rings. The average molecular weight is 572 g/mol. The van der Waals surface area contributed by atoms with Gasteiger partial charge in [-0.25, -0.2) is 4.99 Å². The summed E-state index contributed by atoms with van der Waals surface area (Å²) in [5.41, 5.74) is 4.53. The average Bonchev–Trinajstić information content (AvgIpc) is 3.69. The molecule has 39 heavy (non-hydrogen) atoms. The zero-order valence-electron chi connectivity index (χ0n) is 20.2. The molecule has 0 radical (unpaired) electrons. The molecule has 3 aromatic heterocycles. The van der Waals surface area contributed by atoms with Crippen LogP contribution in [0.15, 0.2) is 91.9 Å². The van der Waals surface area contributed by atoms with Crippen molar-refractivity contribution in [2.75, 3.05) is 0 Å². The lowest BCUT2D eigenvalue weighted by Crippen LogP contribution is -2.38. The molecular formula is C29H18ClN3O4S2. The van der Waals surface area contributed by atoms with Crippen molar-refractivity contribution in [1.82, 2.24) is 4.57 Å². The van der Waals surface area contributed by atoms with Crippen molar-refractivity contribution < 1.29 is 9.34 Å². The summed E-state index contributed by atoms with van der Waals surface area (Å²) < 4.78 is 8.22. The van der Waals surface area contributed by atoms with E-state index < -0.39 is 4.92 Å². The van der Waals surface area contributed by atoms with Gasteiger partial charge in [-0.3, -0.25) is 19.5 Å². The van der Waals surface area contributed by atoms with E-state index in [-0.39, 0.29) is 22.3 Å². The predicted octanol–water partition coefficient (Wildman–Crippen LogP) is 6.20. The van der Waals surface area contributed by atoms with Crippen molar-refractivity contribution >= 4 is 51.7 Å². The second-order valence-corrected chi connectivity index (χ2v) is 11.7. The summed E-state index contributed by atoms with van der Waals surface area (Å²) in [6, 6.07) is 20.0. The number of halogens is 1. The van der Waals surface area contributed by atoms with Crippen molar-refractivity contribution in [3.63, 3.8) is 0 Å². The largest absolute Gasteiger partial charge is 0.456 e. The first-order chi connectivity index (χ1) is 19.0. The van der Waals surface area contributed by atoms with Gasteiger partial charge in [0.15, 0.2) is 4.80 Å². The maximum Gasteiger partial charge on any atom is 0.281 e. The van der Waals surface area contributed by atoms with Gasteiger partial charge in [0.25, 0.3) is 11.2 Å². The van der Waals surface area contributed by atoms with Gasteiger partial charge in [-0.15, -0.1) is 11.3 Å². The molecule has 0 spiro atoms. The Morgan fingerprint density at radius 1 is 1.08 bits per heavy atom. The predicted molar refractivity (Wildman–Crippen MR) is 153 cm³/mol. The molecule has 1 aliphatic heterocycles. The van der Waals surface area contributed by atoms with E-state index in [2.05, 4.69) is 18.2 Å². The van der Waals surface area contributed by atoms with Crippen LogP contribution in [0.3, 0.4) is 0 Å². The quantitative estimate of drug-likeness (QED) is 0.190. The Morgan fingerprint density at radius 3 is 2.77 bits per heavy atom. The molecule has 0 bridgehead atoms. The molecule has 192 valence electrons. The van der Waals surface area contributed by atoms with Crippen LogP contribution in [0.2, 0.25) is 5.02 Å². The summed E-state index contributed by atoms with van der Waals surface area (Å²) in [5, 5.41) is 13.9. The number of thiazole rings is 1. The highest BCUT2D eigenvalue weighted by Gasteiger charge is 2.33. The van der Waals surface area contributed by atoms with Crippen LogP contribution in [-0.2, 0) is 6.42 Å². The summed E-state index contributed by atoms with van der Waals surface area (Å²) >= 11 is 8.91. The molecule has 2 aromatic carbocycles. The van der Waals surface area contributed by atoms with Crippen LogP contribution in [-0.4, -0.2) is 9.49 Å². The van der Waals surface area contributed by atoms with Crippen LogP contribution in [0.5, 0.6) is 0 Å². The number of rotatable bonds is 4. The van der Waals surface area contributed by atoms with E-state index in [9.17, 15) is 14.9 Å². The van der Waals surface area contributed by atoms with Crippen molar-refractivity contribution in [3.05, 3.63) is 134 Å². The second kappa shape index (κ2) is 9.30. The smallest absolute Gasteiger partial charge is 0.281 e. The number of furan rings is 1. The molecule has 0 saturated carbocycles. The Morgan fingerprint density at radius 2 is 1.95 bits per heavy atom. The van der Waals surface area contributed by atoms with Gasteiger partial charge < -0.3 is 4.42 Å². The molecule has 4 heterocycles. The van der Waals surface area contributed by atoms with Crippen LogP contribution in [0.25, 0.3) is 23.1 Å². The minimum absolute atomic E-state index is 0.141. The fraction of sp³-hybridized carbons (Fsp3) is 0.103. The van der Waals surface area contributed by atoms with Gasteiger partial charge in [0.2, 0.25) is 0 Å². The summed E-state index contributed by atoms with van der Waals surface area (Å²) in [4.78, 5) is 31.6. The number of fused-ring (bicyclic) bond motifs is 3. The highest BCUT2D eigenvalue weighted by atomic mass is 35.5. The van der Waals surface area contributed by atoms with Gasteiger partial charge in [0, 0.05) is 27.6 Å². The molecule has 10 heteroatoms.